The molecule has 1 aromatic carbocycles. The third-order valence-electron chi connectivity index (χ3n) is 2.82. The van der Waals surface area contributed by atoms with Gasteiger partial charge in [-0.1, -0.05) is 0 Å². The summed E-state index contributed by atoms with van der Waals surface area (Å²) in [6.45, 7) is 4.21. The van der Waals surface area contributed by atoms with Gasteiger partial charge in [0.2, 0.25) is 0 Å². The average Bonchev–Trinajstić information content (AvgIpc) is 2.76. The quantitative estimate of drug-likeness (QED) is 0.853. The van der Waals surface area contributed by atoms with Gasteiger partial charge in [-0.05, 0) is 65.0 Å². The van der Waals surface area contributed by atoms with Crippen LogP contribution in [-0.2, 0) is 0 Å². The molecule has 0 saturated heterocycles. The van der Waals surface area contributed by atoms with Gasteiger partial charge in [-0.3, -0.25) is 0 Å². The summed E-state index contributed by atoms with van der Waals surface area (Å²) in [4.78, 5) is 1.31. The molecule has 2 aromatic rings. The van der Waals surface area contributed by atoms with Gasteiger partial charge in [-0.25, -0.2) is 0 Å². The minimum atomic E-state index is 0.284. The Morgan fingerprint density at radius 3 is 2.67 bits per heavy atom. The molecule has 4 heteroatoms. The fourth-order valence-corrected chi connectivity index (χ4v) is 3.62. The number of thiophene rings is 1. The molecule has 2 nitrogen and oxygen atoms in total. The van der Waals surface area contributed by atoms with Crippen LogP contribution in [0.5, 0.6) is 5.75 Å². The number of anilines is 1. The summed E-state index contributed by atoms with van der Waals surface area (Å²) < 4.78 is 6.43. The van der Waals surface area contributed by atoms with E-state index in [9.17, 15) is 0 Å². The van der Waals surface area contributed by atoms with Crippen LogP contribution in [0.1, 0.15) is 23.4 Å². The molecule has 18 heavy (non-hydrogen) atoms. The summed E-state index contributed by atoms with van der Waals surface area (Å²) >= 11 is 5.32. The van der Waals surface area contributed by atoms with E-state index >= 15 is 0 Å². The van der Waals surface area contributed by atoms with Crippen LogP contribution < -0.4 is 10.1 Å². The zero-order valence-corrected chi connectivity index (χ0v) is 13.1. The van der Waals surface area contributed by atoms with E-state index in [0.29, 0.717) is 0 Å². The first-order valence-corrected chi connectivity index (χ1v) is 7.43. The largest absolute Gasteiger partial charge is 0.496 e. The lowest BCUT2D eigenvalue weighted by molar-refractivity contribution is 0.412. The van der Waals surface area contributed by atoms with Crippen LogP contribution in [0.3, 0.4) is 0 Å². The van der Waals surface area contributed by atoms with Crippen LogP contribution >= 0.6 is 27.3 Å². The van der Waals surface area contributed by atoms with Crippen LogP contribution in [0.2, 0.25) is 0 Å². The molecule has 0 bridgehead atoms. The second-order valence-electron chi connectivity index (χ2n) is 4.18. The van der Waals surface area contributed by atoms with Crippen LogP contribution in [-0.4, -0.2) is 7.11 Å². The number of methoxy groups -OCH3 is 1. The Morgan fingerprint density at radius 2 is 2.11 bits per heavy atom. The van der Waals surface area contributed by atoms with Crippen molar-refractivity contribution in [2.45, 2.75) is 19.9 Å². The van der Waals surface area contributed by atoms with E-state index in [0.717, 1.165) is 21.5 Å². The molecule has 96 valence electrons. The molecular formula is C14H16BrNOS. The van der Waals surface area contributed by atoms with Crippen molar-refractivity contribution in [2.24, 2.45) is 0 Å². The standard InChI is InChI=1S/C14H16BrNOS/c1-9-8-11(4-5-13(9)17-3)16-10(2)14-12(15)6-7-18-14/h4-8,10,16H,1-3H3. The van der Waals surface area contributed by atoms with Gasteiger partial charge < -0.3 is 10.1 Å². The summed E-state index contributed by atoms with van der Waals surface area (Å²) in [7, 11) is 1.70. The zero-order chi connectivity index (χ0) is 13.1. The molecule has 0 radical (unpaired) electrons. The van der Waals surface area contributed by atoms with Crippen LogP contribution in [0.25, 0.3) is 0 Å². The van der Waals surface area contributed by atoms with Gasteiger partial charge in [0.25, 0.3) is 0 Å². The third-order valence-corrected chi connectivity index (χ3v) is 4.87. The molecule has 0 spiro atoms. The fraction of sp³-hybridized carbons (Fsp3) is 0.286. The first kappa shape index (κ1) is 13.4. The zero-order valence-electron chi connectivity index (χ0n) is 10.7. The third kappa shape index (κ3) is 2.87. The lowest BCUT2D eigenvalue weighted by atomic mass is 10.2. The fourth-order valence-electron chi connectivity index (χ4n) is 1.90. The van der Waals surface area contributed by atoms with Crippen molar-refractivity contribution in [3.8, 4) is 5.75 Å². The number of ether oxygens (including phenoxy) is 1. The molecule has 0 fully saturated rings. The second-order valence-corrected chi connectivity index (χ2v) is 5.99. The normalized spacial score (nSPS) is 12.2. The van der Waals surface area contributed by atoms with Crippen molar-refractivity contribution in [2.75, 3.05) is 12.4 Å². The monoisotopic (exact) mass is 325 g/mol. The number of hydrogen-bond acceptors (Lipinski definition) is 3. The molecule has 0 aliphatic carbocycles. The van der Waals surface area contributed by atoms with Gasteiger partial charge in [0.1, 0.15) is 5.75 Å². The molecular weight excluding hydrogens is 310 g/mol. The maximum Gasteiger partial charge on any atom is 0.121 e. The van der Waals surface area contributed by atoms with Crippen LogP contribution in [0.15, 0.2) is 34.1 Å². The summed E-state index contributed by atoms with van der Waals surface area (Å²) in [5, 5.41) is 5.60. The van der Waals surface area contributed by atoms with E-state index in [1.807, 2.05) is 12.1 Å². The maximum atomic E-state index is 5.26. The highest BCUT2D eigenvalue weighted by Crippen LogP contribution is 2.31. The van der Waals surface area contributed by atoms with Crippen molar-refractivity contribution in [3.05, 3.63) is 44.6 Å². The van der Waals surface area contributed by atoms with Gasteiger partial charge in [0.05, 0.1) is 13.2 Å². The number of benzene rings is 1. The van der Waals surface area contributed by atoms with E-state index in [-0.39, 0.29) is 6.04 Å². The summed E-state index contributed by atoms with van der Waals surface area (Å²) in [5.74, 6) is 0.922. The highest BCUT2D eigenvalue weighted by Gasteiger charge is 2.11. The lowest BCUT2D eigenvalue weighted by Gasteiger charge is -2.16. The molecule has 0 saturated carbocycles. The molecule has 1 aromatic heterocycles. The van der Waals surface area contributed by atoms with Crippen molar-refractivity contribution in [3.63, 3.8) is 0 Å². The summed E-state index contributed by atoms with van der Waals surface area (Å²) in [5.41, 5.74) is 2.25. The van der Waals surface area contributed by atoms with Crippen molar-refractivity contribution < 1.29 is 4.74 Å². The molecule has 0 amide bonds. The lowest BCUT2D eigenvalue weighted by Crippen LogP contribution is -2.05. The minimum absolute atomic E-state index is 0.284. The van der Waals surface area contributed by atoms with Gasteiger partial charge in [0.15, 0.2) is 0 Å². The first-order valence-electron chi connectivity index (χ1n) is 5.76. The van der Waals surface area contributed by atoms with Gasteiger partial charge >= 0.3 is 0 Å². The molecule has 2 rings (SSSR count). The predicted molar refractivity (Wildman–Crippen MR) is 81.8 cm³/mol. The first-order chi connectivity index (χ1) is 8.61. The summed E-state index contributed by atoms with van der Waals surface area (Å²) in [6, 6.07) is 8.51. The van der Waals surface area contributed by atoms with Crippen molar-refractivity contribution in [1.82, 2.24) is 0 Å². The Labute approximate surface area is 120 Å². The predicted octanol–water partition coefficient (Wildman–Crippen LogP) is 5.00. The van der Waals surface area contributed by atoms with E-state index in [4.69, 9.17) is 4.74 Å². The molecule has 1 N–H and O–H groups in total. The SMILES string of the molecule is COc1ccc(NC(C)c2sccc2Br)cc1C. The number of hydrogen-bond donors (Lipinski definition) is 1. The highest BCUT2D eigenvalue weighted by molar-refractivity contribution is 9.10. The highest BCUT2D eigenvalue weighted by atomic mass is 79.9. The molecule has 0 aliphatic heterocycles. The van der Waals surface area contributed by atoms with Crippen LogP contribution in [0, 0.1) is 6.92 Å². The number of halogens is 1. The van der Waals surface area contributed by atoms with E-state index in [1.54, 1.807) is 18.4 Å². The number of nitrogens with one attached hydrogen (secondary N) is 1. The van der Waals surface area contributed by atoms with E-state index < -0.39 is 0 Å². The Hall–Kier alpha value is -1.00. The minimum Gasteiger partial charge on any atom is -0.496 e. The van der Waals surface area contributed by atoms with Crippen molar-refractivity contribution >= 4 is 33.0 Å². The Morgan fingerprint density at radius 1 is 1.33 bits per heavy atom. The van der Waals surface area contributed by atoms with Crippen molar-refractivity contribution in [1.29, 1.82) is 0 Å². The Kier molecular flexibility index (Phi) is 4.30. The average molecular weight is 326 g/mol. The molecule has 0 aliphatic rings. The number of aryl methyl sites for hydroxylation is 1. The summed E-state index contributed by atoms with van der Waals surface area (Å²) in [6.07, 6.45) is 0. The van der Waals surface area contributed by atoms with Gasteiger partial charge in [-0.2, -0.15) is 0 Å². The topological polar surface area (TPSA) is 21.3 Å². The van der Waals surface area contributed by atoms with E-state index in [2.05, 4.69) is 52.6 Å². The number of rotatable bonds is 4. The Balaban J connectivity index is 2.15. The smallest absolute Gasteiger partial charge is 0.121 e. The van der Waals surface area contributed by atoms with Crippen LogP contribution in [0.4, 0.5) is 5.69 Å². The van der Waals surface area contributed by atoms with E-state index in [1.165, 1.54) is 4.88 Å². The maximum absolute atomic E-state index is 5.26. The van der Waals surface area contributed by atoms with Gasteiger partial charge in [0, 0.05) is 15.0 Å². The second kappa shape index (κ2) is 5.76. The molecule has 1 heterocycles. The molecule has 1 atom stereocenters. The van der Waals surface area contributed by atoms with Gasteiger partial charge in [-0.15, -0.1) is 11.3 Å². The Bertz CT molecular complexity index is 538. The molecule has 1 unspecified atom stereocenters.